The number of imidazole rings is 1. The van der Waals surface area contributed by atoms with E-state index in [-0.39, 0.29) is 29.7 Å². The van der Waals surface area contributed by atoms with Crippen LogP contribution in [0.4, 0.5) is 13.2 Å². The largest absolute Gasteiger partial charge is 0.435 e. The number of likely N-dealkylation sites (tertiary alicyclic amines) is 1. The second-order valence-electron chi connectivity index (χ2n) is 6.18. The number of aromatic nitrogens is 3. The first-order valence-corrected chi connectivity index (χ1v) is 9.33. The molecule has 0 spiro atoms. The van der Waals surface area contributed by atoms with Crippen LogP contribution in [0.15, 0.2) is 17.2 Å². The van der Waals surface area contributed by atoms with E-state index in [1.807, 2.05) is 6.92 Å². The number of hydrogen-bond acceptors (Lipinski definition) is 4. The lowest BCUT2D eigenvalue weighted by Gasteiger charge is -2.17. The number of hydrogen-bond donors (Lipinski definition) is 0. The maximum atomic E-state index is 13.4. The van der Waals surface area contributed by atoms with E-state index in [9.17, 15) is 18.0 Å². The van der Waals surface area contributed by atoms with Crippen LogP contribution in [0.2, 0.25) is 0 Å². The summed E-state index contributed by atoms with van der Waals surface area (Å²) < 4.78 is 41.5. The van der Waals surface area contributed by atoms with Gasteiger partial charge < -0.3 is 4.90 Å². The van der Waals surface area contributed by atoms with E-state index < -0.39 is 11.9 Å². The fourth-order valence-electron chi connectivity index (χ4n) is 3.23. The number of alkyl halides is 3. The highest BCUT2D eigenvalue weighted by atomic mass is 32.2. The molecule has 2 aromatic rings. The summed E-state index contributed by atoms with van der Waals surface area (Å²) in [5, 5.41) is 4.82. The van der Waals surface area contributed by atoms with Crippen molar-refractivity contribution >= 4 is 23.3 Å². The summed E-state index contributed by atoms with van der Waals surface area (Å²) in [7, 11) is 0. The molecule has 25 heavy (non-hydrogen) atoms. The molecule has 9 heteroatoms. The van der Waals surface area contributed by atoms with Crippen molar-refractivity contribution in [1.82, 2.24) is 19.5 Å². The molecule has 0 saturated carbocycles. The van der Waals surface area contributed by atoms with Gasteiger partial charge >= 0.3 is 6.18 Å². The molecule has 136 valence electrons. The molecule has 1 saturated heterocycles. The SMILES string of the molecule is CCCC1CC(=O)N(Cc2c(C(F)(F)F)nc3ccc(SC)nn23)C1. The van der Waals surface area contributed by atoms with Crippen molar-refractivity contribution < 1.29 is 18.0 Å². The summed E-state index contributed by atoms with van der Waals surface area (Å²) >= 11 is 1.34. The monoisotopic (exact) mass is 372 g/mol. The molecule has 0 aromatic carbocycles. The first-order chi connectivity index (χ1) is 11.8. The van der Waals surface area contributed by atoms with Crippen LogP contribution < -0.4 is 0 Å². The van der Waals surface area contributed by atoms with Gasteiger partial charge in [-0.3, -0.25) is 4.79 Å². The van der Waals surface area contributed by atoms with E-state index in [1.165, 1.54) is 27.2 Å². The molecule has 0 radical (unpaired) electrons. The maximum absolute atomic E-state index is 13.4. The molecule has 3 heterocycles. The van der Waals surface area contributed by atoms with E-state index in [1.54, 1.807) is 12.3 Å². The number of thioether (sulfide) groups is 1. The minimum absolute atomic E-state index is 0.0797. The van der Waals surface area contributed by atoms with E-state index >= 15 is 0 Å². The molecule has 1 aliphatic heterocycles. The second-order valence-corrected chi connectivity index (χ2v) is 7.01. The average Bonchev–Trinajstić information content (AvgIpc) is 3.08. The topological polar surface area (TPSA) is 50.5 Å². The van der Waals surface area contributed by atoms with Crippen LogP contribution in [0.5, 0.6) is 0 Å². The summed E-state index contributed by atoms with van der Waals surface area (Å²) in [5.41, 5.74) is -0.911. The minimum Gasteiger partial charge on any atom is -0.336 e. The quantitative estimate of drug-likeness (QED) is 0.753. The van der Waals surface area contributed by atoms with Crippen molar-refractivity contribution in [3.8, 4) is 0 Å². The van der Waals surface area contributed by atoms with Gasteiger partial charge in [0.1, 0.15) is 5.03 Å². The normalized spacial score (nSPS) is 18.5. The summed E-state index contributed by atoms with van der Waals surface area (Å²) in [6.07, 6.45) is -0.539. The van der Waals surface area contributed by atoms with E-state index in [2.05, 4.69) is 10.1 Å². The van der Waals surface area contributed by atoms with Gasteiger partial charge in [-0.05, 0) is 30.7 Å². The third kappa shape index (κ3) is 3.61. The number of halogens is 3. The van der Waals surface area contributed by atoms with Crippen molar-refractivity contribution in [2.45, 2.75) is 43.9 Å². The van der Waals surface area contributed by atoms with Crippen LogP contribution in [-0.4, -0.2) is 38.2 Å². The summed E-state index contributed by atoms with van der Waals surface area (Å²) in [5.74, 6) is 0.100. The molecule has 0 N–H and O–H groups in total. The lowest BCUT2D eigenvalue weighted by Crippen LogP contribution is -2.27. The zero-order valence-corrected chi connectivity index (χ0v) is 14.8. The smallest absolute Gasteiger partial charge is 0.336 e. The number of rotatable bonds is 5. The molecule has 1 aliphatic rings. The van der Waals surface area contributed by atoms with Crippen molar-refractivity contribution in [2.24, 2.45) is 5.92 Å². The summed E-state index contributed by atoms with van der Waals surface area (Å²) in [4.78, 5) is 17.4. The first-order valence-electron chi connectivity index (χ1n) is 8.11. The number of nitrogens with zero attached hydrogens (tertiary/aromatic N) is 4. The number of carbonyl (C=O) groups excluding carboxylic acids is 1. The summed E-state index contributed by atoms with van der Waals surface area (Å²) in [6.45, 7) is 2.40. The molecule has 3 rings (SSSR count). The maximum Gasteiger partial charge on any atom is 0.435 e. The third-order valence-corrected chi connectivity index (χ3v) is 4.99. The lowest BCUT2D eigenvalue weighted by atomic mass is 10.0. The van der Waals surface area contributed by atoms with Crippen LogP contribution in [0.1, 0.15) is 37.6 Å². The molecule has 5 nitrogen and oxygen atoms in total. The standard InChI is InChI=1S/C16H19F3N4OS/c1-3-4-10-7-14(24)22(8-10)9-11-15(16(17,18)19)20-12-5-6-13(25-2)21-23(11)12/h5-6,10H,3-4,7-9H2,1-2H3. The highest BCUT2D eigenvalue weighted by Crippen LogP contribution is 2.34. The minimum atomic E-state index is -4.59. The van der Waals surface area contributed by atoms with Gasteiger partial charge in [0.15, 0.2) is 11.3 Å². The van der Waals surface area contributed by atoms with Gasteiger partial charge in [-0.2, -0.15) is 18.3 Å². The second kappa shape index (κ2) is 6.86. The molecular formula is C16H19F3N4OS. The first kappa shape index (κ1) is 18.0. The van der Waals surface area contributed by atoms with Gasteiger partial charge in [-0.1, -0.05) is 13.3 Å². The number of amides is 1. The van der Waals surface area contributed by atoms with Gasteiger partial charge in [-0.25, -0.2) is 9.50 Å². The average molecular weight is 372 g/mol. The van der Waals surface area contributed by atoms with E-state index in [4.69, 9.17) is 0 Å². The lowest BCUT2D eigenvalue weighted by molar-refractivity contribution is -0.142. The molecule has 0 aliphatic carbocycles. The number of fused-ring (bicyclic) bond motifs is 1. The Morgan fingerprint density at radius 1 is 1.36 bits per heavy atom. The van der Waals surface area contributed by atoms with Crippen LogP contribution in [-0.2, 0) is 17.5 Å². The molecule has 1 fully saturated rings. The van der Waals surface area contributed by atoms with Crippen LogP contribution >= 0.6 is 11.8 Å². The molecule has 1 unspecified atom stereocenters. The zero-order chi connectivity index (χ0) is 18.2. The predicted molar refractivity (Wildman–Crippen MR) is 88.2 cm³/mol. The van der Waals surface area contributed by atoms with E-state index in [0.29, 0.717) is 18.0 Å². The van der Waals surface area contributed by atoms with Gasteiger partial charge in [0.05, 0.1) is 12.2 Å². The van der Waals surface area contributed by atoms with E-state index in [0.717, 1.165) is 12.8 Å². The Kier molecular flexibility index (Phi) is 4.95. The number of carbonyl (C=O) groups is 1. The Hall–Kier alpha value is -1.77. The fraction of sp³-hybridized carbons (Fsp3) is 0.562. The van der Waals surface area contributed by atoms with Crippen LogP contribution in [0.3, 0.4) is 0 Å². The van der Waals surface area contributed by atoms with Crippen molar-refractivity contribution in [3.05, 3.63) is 23.5 Å². The van der Waals surface area contributed by atoms with Gasteiger partial charge in [0, 0.05) is 13.0 Å². The highest BCUT2D eigenvalue weighted by molar-refractivity contribution is 7.98. The predicted octanol–water partition coefficient (Wildman–Crippen LogP) is 3.62. The molecular weight excluding hydrogens is 353 g/mol. The van der Waals surface area contributed by atoms with Crippen molar-refractivity contribution in [1.29, 1.82) is 0 Å². The van der Waals surface area contributed by atoms with Crippen LogP contribution in [0.25, 0.3) is 5.65 Å². The Bertz CT molecular complexity index is 790. The highest BCUT2D eigenvalue weighted by Gasteiger charge is 2.40. The fourth-order valence-corrected chi connectivity index (χ4v) is 3.60. The Morgan fingerprint density at radius 2 is 2.12 bits per heavy atom. The van der Waals surface area contributed by atoms with Crippen molar-refractivity contribution in [2.75, 3.05) is 12.8 Å². The molecule has 1 atom stereocenters. The van der Waals surface area contributed by atoms with Crippen LogP contribution in [0, 0.1) is 5.92 Å². The van der Waals surface area contributed by atoms with Gasteiger partial charge in [-0.15, -0.1) is 11.8 Å². The van der Waals surface area contributed by atoms with Gasteiger partial charge in [0.25, 0.3) is 0 Å². The summed E-state index contributed by atoms with van der Waals surface area (Å²) in [6, 6.07) is 3.15. The Labute approximate surface area is 147 Å². The molecule has 0 bridgehead atoms. The third-order valence-electron chi connectivity index (χ3n) is 4.36. The zero-order valence-electron chi connectivity index (χ0n) is 14.0. The Morgan fingerprint density at radius 3 is 2.76 bits per heavy atom. The van der Waals surface area contributed by atoms with Gasteiger partial charge in [0.2, 0.25) is 5.91 Å². The Balaban J connectivity index is 2.00. The van der Waals surface area contributed by atoms with Crippen molar-refractivity contribution in [3.63, 3.8) is 0 Å². The molecule has 2 aromatic heterocycles. The molecule has 1 amide bonds.